The average molecular weight is 271 g/mol. The van der Waals surface area contributed by atoms with Gasteiger partial charge in [-0.1, -0.05) is 19.1 Å². The maximum atomic E-state index is 14.0. The Kier molecular flexibility index (Phi) is 4.46. The summed E-state index contributed by atoms with van der Waals surface area (Å²) in [7, 11) is 2.13. The number of para-hydroxylation sites is 1. The number of anilines is 1. The Balaban J connectivity index is 2.26. The fourth-order valence-electron chi connectivity index (χ4n) is 2.61. The molecule has 1 aliphatic heterocycles. The monoisotopic (exact) mass is 270 g/mol. The van der Waals surface area contributed by atoms with Gasteiger partial charge >= 0.3 is 0 Å². The molecular weight excluding hydrogens is 251 g/mol. The molecule has 0 spiro atoms. The quantitative estimate of drug-likeness (QED) is 0.779. The van der Waals surface area contributed by atoms with Gasteiger partial charge in [-0.05, 0) is 25.1 Å². The molecule has 0 N–H and O–H groups in total. The summed E-state index contributed by atoms with van der Waals surface area (Å²) in [6.07, 6.45) is 1.08. The molecule has 18 heavy (non-hydrogen) atoms. The molecule has 1 aliphatic rings. The Labute approximate surface area is 113 Å². The minimum absolute atomic E-state index is 0.160. The Bertz CT molecular complexity index is 411. The van der Waals surface area contributed by atoms with Crippen molar-refractivity contribution in [2.75, 3.05) is 31.6 Å². The van der Waals surface area contributed by atoms with E-state index in [0.717, 1.165) is 31.6 Å². The lowest BCUT2D eigenvalue weighted by atomic mass is 10.1. The van der Waals surface area contributed by atoms with Gasteiger partial charge in [0.15, 0.2) is 0 Å². The minimum Gasteiger partial charge on any atom is -0.366 e. The van der Waals surface area contributed by atoms with Crippen molar-refractivity contribution in [3.05, 3.63) is 29.6 Å². The van der Waals surface area contributed by atoms with Crippen LogP contribution in [-0.4, -0.2) is 37.6 Å². The van der Waals surface area contributed by atoms with Crippen LogP contribution in [-0.2, 0) is 5.88 Å². The maximum Gasteiger partial charge on any atom is 0.146 e. The van der Waals surface area contributed by atoms with E-state index in [4.69, 9.17) is 11.6 Å². The summed E-state index contributed by atoms with van der Waals surface area (Å²) >= 11 is 5.92. The third kappa shape index (κ3) is 2.62. The summed E-state index contributed by atoms with van der Waals surface area (Å²) in [5.41, 5.74) is 1.58. The zero-order chi connectivity index (χ0) is 13.1. The van der Waals surface area contributed by atoms with Gasteiger partial charge in [0.1, 0.15) is 5.82 Å². The molecule has 0 bridgehead atoms. The zero-order valence-electron chi connectivity index (χ0n) is 11.0. The number of nitrogens with zero attached hydrogens (tertiary/aromatic N) is 2. The van der Waals surface area contributed by atoms with Crippen molar-refractivity contribution in [3.8, 4) is 0 Å². The van der Waals surface area contributed by atoms with Gasteiger partial charge < -0.3 is 4.90 Å². The largest absolute Gasteiger partial charge is 0.366 e. The second kappa shape index (κ2) is 5.89. The summed E-state index contributed by atoms with van der Waals surface area (Å²) in [5.74, 6) is 0.198. The zero-order valence-corrected chi connectivity index (χ0v) is 11.8. The SMILES string of the molecule is CCC1CN(c2c(F)cccc2CCl)CCN1C. The van der Waals surface area contributed by atoms with E-state index in [1.54, 1.807) is 6.07 Å². The molecule has 0 aliphatic carbocycles. The standard InChI is InChI=1S/C14H20ClFN2/c1-3-12-10-18(8-7-17(12)2)14-11(9-15)5-4-6-13(14)16/h4-6,12H,3,7-10H2,1-2H3. The molecule has 1 saturated heterocycles. The molecular formula is C14H20ClFN2. The number of likely N-dealkylation sites (N-methyl/N-ethyl adjacent to an activating group) is 1. The van der Waals surface area contributed by atoms with Crippen molar-refractivity contribution in [1.29, 1.82) is 0 Å². The van der Waals surface area contributed by atoms with Gasteiger partial charge in [-0.3, -0.25) is 4.90 Å². The van der Waals surface area contributed by atoms with E-state index in [1.807, 2.05) is 6.07 Å². The number of halogens is 2. The molecule has 2 rings (SSSR count). The number of alkyl halides is 1. The number of benzene rings is 1. The summed E-state index contributed by atoms with van der Waals surface area (Å²) in [4.78, 5) is 4.49. The highest BCUT2D eigenvalue weighted by Gasteiger charge is 2.25. The highest BCUT2D eigenvalue weighted by atomic mass is 35.5. The third-order valence-electron chi connectivity index (χ3n) is 3.78. The Hall–Kier alpha value is -0.800. The minimum atomic E-state index is -0.160. The van der Waals surface area contributed by atoms with Gasteiger partial charge in [0.2, 0.25) is 0 Å². The summed E-state index contributed by atoms with van der Waals surface area (Å²) in [6, 6.07) is 5.64. The molecule has 1 aromatic carbocycles. The second-order valence-electron chi connectivity index (χ2n) is 4.87. The first-order valence-electron chi connectivity index (χ1n) is 6.46. The lowest BCUT2D eigenvalue weighted by molar-refractivity contribution is 0.212. The first-order valence-corrected chi connectivity index (χ1v) is 6.99. The number of piperazine rings is 1. The van der Waals surface area contributed by atoms with Crippen molar-refractivity contribution >= 4 is 17.3 Å². The lowest BCUT2D eigenvalue weighted by Crippen LogP contribution is -2.51. The number of hydrogen-bond donors (Lipinski definition) is 0. The Morgan fingerprint density at radius 2 is 2.17 bits per heavy atom. The molecule has 100 valence electrons. The van der Waals surface area contributed by atoms with Crippen LogP contribution in [0.5, 0.6) is 0 Å². The predicted octanol–water partition coefficient (Wildman–Crippen LogP) is 3.09. The van der Waals surface area contributed by atoms with E-state index >= 15 is 0 Å². The van der Waals surface area contributed by atoms with Crippen molar-refractivity contribution in [2.45, 2.75) is 25.3 Å². The summed E-state index contributed by atoms with van der Waals surface area (Å²) in [6.45, 7) is 4.87. The van der Waals surface area contributed by atoms with E-state index in [2.05, 4.69) is 23.8 Å². The van der Waals surface area contributed by atoms with Gasteiger partial charge in [-0.25, -0.2) is 4.39 Å². The lowest BCUT2D eigenvalue weighted by Gasteiger charge is -2.41. The highest BCUT2D eigenvalue weighted by molar-refractivity contribution is 6.17. The smallest absolute Gasteiger partial charge is 0.146 e. The molecule has 0 aromatic heterocycles. The molecule has 0 radical (unpaired) electrons. The fourth-order valence-corrected chi connectivity index (χ4v) is 2.83. The van der Waals surface area contributed by atoms with E-state index in [0.29, 0.717) is 17.6 Å². The number of hydrogen-bond acceptors (Lipinski definition) is 2. The van der Waals surface area contributed by atoms with Gasteiger partial charge in [0.25, 0.3) is 0 Å². The van der Waals surface area contributed by atoms with Crippen LogP contribution >= 0.6 is 11.6 Å². The van der Waals surface area contributed by atoms with Gasteiger partial charge in [-0.15, -0.1) is 11.6 Å². The van der Waals surface area contributed by atoms with E-state index in [9.17, 15) is 4.39 Å². The Morgan fingerprint density at radius 1 is 1.39 bits per heavy atom. The van der Waals surface area contributed by atoms with Gasteiger partial charge in [0.05, 0.1) is 5.69 Å². The summed E-state index contributed by atoms with van der Waals surface area (Å²) in [5, 5.41) is 0. The highest BCUT2D eigenvalue weighted by Crippen LogP contribution is 2.28. The van der Waals surface area contributed by atoms with Crippen LogP contribution in [0, 0.1) is 5.82 Å². The molecule has 4 heteroatoms. The van der Waals surface area contributed by atoms with Crippen molar-refractivity contribution in [1.82, 2.24) is 4.90 Å². The van der Waals surface area contributed by atoms with E-state index in [-0.39, 0.29) is 5.82 Å². The van der Waals surface area contributed by atoms with Crippen LogP contribution in [0.3, 0.4) is 0 Å². The first-order chi connectivity index (χ1) is 8.67. The van der Waals surface area contributed by atoms with Crippen molar-refractivity contribution < 1.29 is 4.39 Å². The summed E-state index contributed by atoms with van der Waals surface area (Å²) < 4.78 is 14.0. The predicted molar refractivity (Wildman–Crippen MR) is 74.9 cm³/mol. The molecule has 1 fully saturated rings. The topological polar surface area (TPSA) is 6.48 Å². The molecule has 1 atom stereocenters. The Morgan fingerprint density at radius 3 is 2.83 bits per heavy atom. The molecule has 0 amide bonds. The molecule has 1 unspecified atom stereocenters. The van der Waals surface area contributed by atoms with Gasteiger partial charge in [0, 0.05) is 31.6 Å². The van der Waals surface area contributed by atoms with Gasteiger partial charge in [-0.2, -0.15) is 0 Å². The first kappa shape index (κ1) is 13.6. The van der Waals surface area contributed by atoms with Crippen LogP contribution < -0.4 is 4.90 Å². The normalized spacial score (nSPS) is 21.3. The third-order valence-corrected chi connectivity index (χ3v) is 4.07. The fraction of sp³-hybridized carbons (Fsp3) is 0.571. The van der Waals surface area contributed by atoms with Crippen LogP contribution in [0.15, 0.2) is 18.2 Å². The molecule has 2 nitrogen and oxygen atoms in total. The van der Waals surface area contributed by atoms with Crippen LogP contribution in [0.2, 0.25) is 0 Å². The molecule has 1 aromatic rings. The number of rotatable bonds is 3. The van der Waals surface area contributed by atoms with Crippen LogP contribution in [0.1, 0.15) is 18.9 Å². The van der Waals surface area contributed by atoms with Crippen molar-refractivity contribution in [3.63, 3.8) is 0 Å². The van der Waals surface area contributed by atoms with E-state index < -0.39 is 0 Å². The second-order valence-corrected chi connectivity index (χ2v) is 5.14. The van der Waals surface area contributed by atoms with Crippen molar-refractivity contribution in [2.24, 2.45) is 0 Å². The van der Waals surface area contributed by atoms with Crippen LogP contribution in [0.25, 0.3) is 0 Å². The molecule has 1 heterocycles. The maximum absolute atomic E-state index is 14.0. The van der Waals surface area contributed by atoms with Crippen LogP contribution in [0.4, 0.5) is 10.1 Å². The average Bonchev–Trinajstić information content (AvgIpc) is 2.39. The van der Waals surface area contributed by atoms with E-state index in [1.165, 1.54) is 6.07 Å². The molecule has 0 saturated carbocycles.